The van der Waals surface area contributed by atoms with Crippen molar-refractivity contribution in [1.29, 1.82) is 0 Å². The first kappa shape index (κ1) is 27.2. The summed E-state index contributed by atoms with van der Waals surface area (Å²) in [5.74, 6) is 7.00. The number of benzene rings is 2. The van der Waals surface area contributed by atoms with Gasteiger partial charge in [-0.3, -0.25) is 9.80 Å². The molecular formula is C30H38N2O2. The molecule has 2 rings (SSSR count). The molecule has 0 unspecified atom stereocenters. The molecule has 0 radical (unpaired) electrons. The number of hydrogen-bond donors (Lipinski definition) is 0. The van der Waals surface area contributed by atoms with Crippen LogP contribution in [0.25, 0.3) is 0 Å². The molecule has 0 heterocycles. The summed E-state index contributed by atoms with van der Waals surface area (Å²) in [5.41, 5.74) is 3.36. The molecule has 4 heteroatoms. The first-order chi connectivity index (χ1) is 16.4. The second kappa shape index (κ2) is 15.8. The van der Waals surface area contributed by atoms with Gasteiger partial charge in [-0.05, 0) is 50.9 Å². The fourth-order valence-electron chi connectivity index (χ4n) is 3.80. The van der Waals surface area contributed by atoms with Gasteiger partial charge in [0.1, 0.15) is 11.6 Å². The molecule has 2 aromatic rings. The van der Waals surface area contributed by atoms with Gasteiger partial charge in [0, 0.05) is 38.0 Å². The van der Waals surface area contributed by atoms with Crippen LogP contribution in [0.4, 0.5) is 0 Å². The minimum absolute atomic E-state index is 0.224. The smallest absolute Gasteiger partial charge is 0.129 e. The summed E-state index contributed by atoms with van der Waals surface area (Å²) < 4.78 is 0. The first-order valence-corrected chi connectivity index (χ1v) is 12.1. The summed E-state index contributed by atoms with van der Waals surface area (Å²) in [4.78, 5) is 27.3. The van der Waals surface area contributed by atoms with E-state index < -0.39 is 0 Å². The monoisotopic (exact) mass is 458 g/mol. The number of hydrogen-bond acceptors (Lipinski definition) is 4. The summed E-state index contributed by atoms with van der Waals surface area (Å²) in [6.07, 6.45) is 2.87. The van der Waals surface area contributed by atoms with Gasteiger partial charge < -0.3 is 9.59 Å². The minimum Gasteiger partial charge on any atom is -0.300 e. The molecule has 0 N–H and O–H groups in total. The van der Waals surface area contributed by atoms with Gasteiger partial charge in [0.25, 0.3) is 0 Å². The van der Waals surface area contributed by atoms with Crippen molar-refractivity contribution < 1.29 is 9.59 Å². The zero-order chi connectivity index (χ0) is 24.6. The molecule has 2 aromatic carbocycles. The molecule has 0 aliphatic carbocycles. The molecule has 0 aromatic heterocycles. The summed E-state index contributed by atoms with van der Waals surface area (Å²) in [6.45, 7) is 12.1. The van der Waals surface area contributed by atoms with E-state index in [1.807, 2.05) is 36.4 Å². The molecule has 0 bridgehead atoms. The van der Waals surface area contributed by atoms with E-state index in [4.69, 9.17) is 0 Å². The number of nitrogens with zero attached hydrogens (tertiary/aromatic N) is 2. The second-order valence-corrected chi connectivity index (χ2v) is 8.91. The number of carbonyl (C=O) groups is 2. The highest BCUT2D eigenvalue weighted by molar-refractivity contribution is 5.75. The second-order valence-electron chi connectivity index (χ2n) is 8.91. The van der Waals surface area contributed by atoms with Crippen molar-refractivity contribution >= 4 is 11.6 Å². The zero-order valence-electron chi connectivity index (χ0n) is 20.8. The van der Waals surface area contributed by atoms with Crippen molar-refractivity contribution in [3.8, 4) is 11.8 Å². The standard InChI is InChI=1S/C30H38N2O2/c1-26(23-32(22-12-15-28(3)34)25-30-18-8-5-9-19-30)13-10-20-31(21-11-14-27(2)33)24-29-16-6-4-7-17-29/h4-9,16-19H,1,11-12,14-15,20-25H2,2-3H3. The maximum Gasteiger partial charge on any atom is 0.129 e. The highest BCUT2D eigenvalue weighted by Crippen LogP contribution is 2.09. The fourth-order valence-corrected chi connectivity index (χ4v) is 3.80. The third-order valence-electron chi connectivity index (χ3n) is 5.49. The lowest BCUT2D eigenvalue weighted by Crippen LogP contribution is -2.27. The highest BCUT2D eigenvalue weighted by atomic mass is 16.1. The zero-order valence-corrected chi connectivity index (χ0v) is 20.8. The van der Waals surface area contributed by atoms with Gasteiger partial charge in [0.05, 0.1) is 6.54 Å². The number of ketones is 2. The Morgan fingerprint density at radius 1 is 0.765 bits per heavy atom. The Bertz CT molecular complexity index is 958. The average molecular weight is 459 g/mol. The lowest BCUT2D eigenvalue weighted by molar-refractivity contribution is -0.118. The number of Topliss-reactive ketones (excluding diaryl/α,β-unsaturated/α-hetero) is 2. The SMILES string of the molecule is C=C(C#CCN(CCCC(C)=O)Cc1ccccc1)CN(CCCC(C)=O)Cc1ccccc1. The predicted molar refractivity (Wildman–Crippen MR) is 140 cm³/mol. The van der Waals surface area contributed by atoms with E-state index in [1.54, 1.807) is 13.8 Å². The summed E-state index contributed by atoms with van der Waals surface area (Å²) in [5, 5.41) is 0. The van der Waals surface area contributed by atoms with Crippen LogP contribution in [-0.2, 0) is 22.7 Å². The molecular weight excluding hydrogens is 420 g/mol. The predicted octanol–water partition coefficient (Wildman–Crippen LogP) is 5.29. The maximum absolute atomic E-state index is 11.4. The van der Waals surface area contributed by atoms with Crippen LogP contribution in [-0.4, -0.2) is 47.5 Å². The van der Waals surface area contributed by atoms with Gasteiger partial charge in [-0.1, -0.05) is 79.1 Å². The van der Waals surface area contributed by atoms with Gasteiger partial charge in [-0.15, -0.1) is 0 Å². The molecule has 0 saturated heterocycles. The van der Waals surface area contributed by atoms with Gasteiger partial charge in [0.15, 0.2) is 0 Å². The van der Waals surface area contributed by atoms with Gasteiger partial charge in [-0.25, -0.2) is 0 Å². The Morgan fingerprint density at radius 3 is 1.74 bits per heavy atom. The first-order valence-electron chi connectivity index (χ1n) is 12.1. The van der Waals surface area contributed by atoms with Crippen molar-refractivity contribution in [2.24, 2.45) is 0 Å². The van der Waals surface area contributed by atoms with Crippen LogP contribution >= 0.6 is 0 Å². The Labute approximate surface area is 205 Å². The Balaban J connectivity index is 1.95. The van der Waals surface area contributed by atoms with Crippen molar-refractivity contribution in [3.05, 3.63) is 83.9 Å². The highest BCUT2D eigenvalue weighted by Gasteiger charge is 2.09. The Morgan fingerprint density at radius 2 is 1.24 bits per heavy atom. The molecule has 0 fully saturated rings. The molecule has 34 heavy (non-hydrogen) atoms. The van der Waals surface area contributed by atoms with Crippen LogP contribution in [0.15, 0.2) is 72.8 Å². The van der Waals surface area contributed by atoms with Crippen molar-refractivity contribution in [2.75, 3.05) is 26.2 Å². The van der Waals surface area contributed by atoms with Crippen LogP contribution in [0.3, 0.4) is 0 Å². The summed E-state index contributed by atoms with van der Waals surface area (Å²) in [7, 11) is 0. The molecule has 0 aliphatic heterocycles. The van der Waals surface area contributed by atoms with Crippen molar-refractivity contribution in [1.82, 2.24) is 9.80 Å². The molecule has 0 saturated carbocycles. The fraction of sp³-hybridized carbons (Fsp3) is 0.400. The van der Waals surface area contributed by atoms with E-state index in [9.17, 15) is 9.59 Å². The van der Waals surface area contributed by atoms with E-state index >= 15 is 0 Å². The van der Waals surface area contributed by atoms with Gasteiger partial charge in [0.2, 0.25) is 0 Å². The Hall–Kier alpha value is -3.00. The quantitative estimate of drug-likeness (QED) is 0.340. The van der Waals surface area contributed by atoms with E-state index in [0.717, 1.165) is 44.6 Å². The van der Waals surface area contributed by atoms with E-state index in [2.05, 4.69) is 52.5 Å². The van der Waals surface area contributed by atoms with E-state index in [0.29, 0.717) is 25.9 Å². The van der Waals surface area contributed by atoms with Crippen molar-refractivity contribution in [3.63, 3.8) is 0 Å². The van der Waals surface area contributed by atoms with Crippen LogP contribution in [0.5, 0.6) is 0 Å². The van der Waals surface area contributed by atoms with Crippen LogP contribution < -0.4 is 0 Å². The van der Waals surface area contributed by atoms with E-state index in [1.165, 1.54) is 11.1 Å². The normalized spacial score (nSPS) is 10.7. The van der Waals surface area contributed by atoms with Crippen molar-refractivity contribution in [2.45, 2.75) is 52.6 Å². The topological polar surface area (TPSA) is 40.6 Å². The molecule has 4 nitrogen and oxygen atoms in total. The van der Waals surface area contributed by atoms with E-state index in [-0.39, 0.29) is 11.6 Å². The minimum atomic E-state index is 0.224. The largest absolute Gasteiger partial charge is 0.300 e. The van der Waals surface area contributed by atoms with Crippen LogP contribution in [0, 0.1) is 11.8 Å². The molecule has 0 spiro atoms. The third-order valence-corrected chi connectivity index (χ3v) is 5.49. The van der Waals surface area contributed by atoms with Gasteiger partial charge in [-0.2, -0.15) is 0 Å². The number of carbonyl (C=O) groups excluding carboxylic acids is 2. The van der Waals surface area contributed by atoms with Gasteiger partial charge >= 0.3 is 0 Å². The molecule has 0 atom stereocenters. The molecule has 0 aliphatic rings. The summed E-state index contributed by atoms with van der Waals surface area (Å²) >= 11 is 0. The molecule has 0 amide bonds. The average Bonchev–Trinajstić information content (AvgIpc) is 2.79. The number of rotatable bonds is 15. The maximum atomic E-state index is 11.4. The third kappa shape index (κ3) is 12.3. The molecule has 180 valence electrons. The lowest BCUT2D eigenvalue weighted by atomic mass is 10.1. The Kier molecular flexibility index (Phi) is 12.6. The van der Waals surface area contributed by atoms with Crippen LogP contribution in [0.2, 0.25) is 0 Å². The summed E-state index contributed by atoms with van der Waals surface area (Å²) in [6, 6.07) is 20.7. The lowest BCUT2D eigenvalue weighted by Gasteiger charge is -2.22. The van der Waals surface area contributed by atoms with Crippen LogP contribution in [0.1, 0.15) is 50.7 Å².